The number of aliphatic hydroxyl groups is 1. The van der Waals surface area contributed by atoms with Crippen LogP contribution in [0.15, 0.2) is 9.98 Å². The normalized spacial score (nSPS) is 35.4. The zero-order valence-corrected chi connectivity index (χ0v) is 28.8. The minimum absolute atomic E-state index is 0.00127. The van der Waals surface area contributed by atoms with Gasteiger partial charge in [0.25, 0.3) is 0 Å². The SMILES string of the molecule is CC(C)C1(C)SC(=NC2CCCC(F)(F)CCC2)NC1=O.CC(C)C1(C)SC(=NC2CCCC(O)(C(F)(F)F)CCC2)NC1=O. The summed E-state index contributed by atoms with van der Waals surface area (Å²) in [6.45, 7) is 11.8. The Hall–Kier alpha value is -1.41. The third-order valence-electron chi connectivity index (χ3n) is 9.71. The van der Waals surface area contributed by atoms with Gasteiger partial charge in [0.2, 0.25) is 17.7 Å². The van der Waals surface area contributed by atoms with E-state index in [1.165, 1.54) is 23.5 Å². The number of carbonyl (C=O) groups is 2. The van der Waals surface area contributed by atoms with Gasteiger partial charge in [-0.2, -0.15) is 13.2 Å². The summed E-state index contributed by atoms with van der Waals surface area (Å²) < 4.78 is 64.4. The highest BCUT2D eigenvalue weighted by atomic mass is 32.2. The molecule has 0 aromatic heterocycles. The van der Waals surface area contributed by atoms with Gasteiger partial charge in [0.05, 0.1) is 12.1 Å². The summed E-state index contributed by atoms with van der Waals surface area (Å²) in [7, 11) is 0. The van der Waals surface area contributed by atoms with E-state index in [2.05, 4.69) is 20.6 Å². The van der Waals surface area contributed by atoms with Crippen LogP contribution in [0.3, 0.4) is 0 Å². The van der Waals surface area contributed by atoms with E-state index in [9.17, 15) is 36.6 Å². The molecule has 2 aliphatic heterocycles. The highest BCUT2D eigenvalue weighted by molar-refractivity contribution is 8.16. The van der Waals surface area contributed by atoms with Gasteiger partial charge in [-0.1, -0.05) is 51.2 Å². The molecular formula is C31H49F5N4O3S2. The lowest BCUT2D eigenvalue weighted by atomic mass is 9.85. The number of nitrogens with one attached hydrogen (secondary N) is 2. The van der Waals surface area contributed by atoms with Crippen molar-refractivity contribution in [3.8, 4) is 0 Å². The van der Waals surface area contributed by atoms with Crippen LogP contribution < -0.4 is 10.6 Å². The van der Waals surface area contributed by atoms with E-state index in [1.54, 1.807) is 0 Å². The maximum atomic E-state index is 13.3. The monoisotopic (exact) mass is 684 g/mol. The Morgan fingerprint density at radius 2 is 1.07 bits per heavy atom. The molecule has 2 heterocycles. The van der Waals surface area contributed by atoms with E-state index in [-0.39, 0.29) is 74.3 Å². The zero-order chi connectivity index (χ0) is 33.8. The van der Waals surface area contributed by atoms with Gasteiger partial charge in [-0.3, -0.25) is 19.6 Å². The Kier molecular flexibility index (Phi) is 12.5. The molecule has 0 aromatic carbocycles. The van der Waals surface area contributed by atoms with Crippen molar-refractivity contribution in [1.82, 2.24) is 10.6 Å². The fourth-order valence-corrected chi connectivity index (χ4v) is 7.98. The van der Waals surface area contributed by atoms with Crippen molar-refractivity contribution in [3.63, 3.8) is 0 Å². The third-order valence-corrected chi connectivity index (χ3v) is 12.7. The molecule has 4 fully saturated rings. The Labute approximate surface area is 272 Å². The molecule has 2 saturated heterocycles. The first kappa shape index (κ1) is 38.0. The molecule has 14 heteroatoms. The van der Waals surface area contributed by atoms with Crippen LogP contribution in [0.25, 0.3) is 0 Å². The zero-order valence-electron chi connectivity index (χ0n) is 27.2. The Bertz CT molecular complexity index is 1110. The number of amides is 2. The third kappa shape index (κ3) is 9.58. The van der Waals surface area contributed by atoms with Crippen LogP contribution >= 0.6 is 23.5 Å². The van der Waals surface area contributed by atoms with Crippen LogP contribution in [0.5, 0.6) is 0 Å². The molecule has 4 aliphatic rings. The molecule has 258 valence electrons. The van der Waals surface area contributed by atoms with Crippen LogP contribution in [0.1, 0.15) is 119 Å². The second kappa shape index (κ2) is 14.8. The van der Waals surface area contributed by atoms with Crippen LogP contribution in [0.2, 0.25) is 0 Å². The summed E-state index contributed by atoms with van der Waals surface area (Å²) in [5, 5.41) is 16.7. The summed E-state index contributed by atoms with van der Waals surface area (Å²) in [6.07, 6.45) is -1.43. The number of aliphatic imine (C=N–C) groups is 2. The number of carbonyl (C=O) groups excluding carboxylic acids is 2. The van der Waals surface area contributed by atoms with Crippen molar-refractivity contribution in [2.45, 2.75) is 158 Å². The molecule has 2 unspecified atom stereocenters. The quantitative estimate of drug-likeness (QED) is 0.265. The topological polar surface area (TPSA) is 103 Å². The average Bonchev–Trinajstić information content (AvgIpc) is 3.35. The summed E-state index contributed by atoms with van der Waals surface area (Å²) in [4.78, 5) is 33.4. The number of halogens is 5. The maximum Gasteiger partial charge on any atom is 0.417 e. The minimum Gasteiger partial charge on any atom is -0.380 e. The molecule has 3 N–H and O–H groups in total. The lowest BCUT2D eigenvalue weighted by molar-refractivity contribution is -0.266. The van der Waals surface area contributed by atoms with E-state index < -0.39 is 27.2 Å². The number of hydrogen-bond acceptors (Lipinski definition) is 7. The number of nitrogens with zero attached hydrogens (tertiary/aromatic N) is 2. The summed E-state index contributed by atoms with van der Waals surface area (Å²) in [5.41, 5.74) is -2.57. The lowest BCUT2D eigenvalue weighted by Gasteiger charge is -2.33. The van der Waals surface area contributed by atoms with Crippen molar-refractivity contribution >= 4 is 45.7 Å². The van der Waals surface area contributed by atoms with E-state index >= 15 is 0 Å². The Balaban J connectivity index is 0.000000248. The van der Waals surface area contributed by atoms with Crippen LogP contribution in [0, 0.1) is 11.8 Å². The lowest BCUT2D eigenvalue weighted by Crippen LogP contribution is -2.45. The van der Waals surface area contributed by atoms with Crippen molar-refractivity contribution in [2.24, 2.45) is 21.8 Å². The molecule has 0 spiro atoms. The first-order valence-corrected chi connectivity index (χ1v) is 17.7. The van der Waals surface area contributed by atoms with Gasteiger partial charge in [-0.25, -0.2) is 8.78 Å². The largest absolute Gasteiger partial charge is 0.417 e. The predicted octanol–water partition coefficient (Wildman–Crippen LogP) is 7.61. The van der Waals surface area contributed by atoms with Crippen LogP contribution in [0.4, 0.5) is 22.0 Å². The van der Waals surface area contributed by atoms with Gasteiger partial charge >= 0.3 is 6.18 Å². The summed E-state index contributed by atoms with van der Waals surface area (Å²) >= 11 is 2.87. The van der Waals surface area contributed by atoms with Gasteiger partial charge in [0, 0.05) is 12.8 Å². The summed E-state index contributed by atoms with van der Waals surface area (Å²) in [6, 6.07) is -0.0569. The van der Waals surface area contributed by atoms with Gasteiger partial charge in [0.1, 0.15) is 9.49 Å². The van der Waals surface area contributed by atoms with Crippen molar-refractivity contribution in [3.05, 3.63) is 0 Å². The van der Waals surface area contributed by atoms with E-state index in [0.29, 0.717) is 48.9 Å². The van der Waals surface area contributed by atoms with Gasteiger partial charge in [-0.15, -0.1) is 0 Å². The molecule has 0 bridgehead atoms. The Morgan fingerprint density at radius 1 is 0.733 bits per heavy atom. The number of hydrogen-bond donors (Lipinski definition) is 3. The standard InChI is InChI=1S/C16H25F3N2O2S.C15H24F2N2OS/c1-10(2)14(3)12(22)21-13(24-14)20-11-6-4-8-15(23,9-5-7-11)16(17,18)19;1-10(2)14(3)12(20)19-13(21-14)18-11-6-4-8-15(16,17)9-5-7-11/h10-11,23H,4-9H2,1-3H3,(H,20,21,22);10-11H,4-9H2,1-3H3,(H,18,19,20). The number of thioether (sulfide) groups is 2. The van der Waals surface area contributed by atoms with Gasteiger partial charge < -0.3 is 15.7 Å². The number of amidine groups is 2. The van der Waals surface area contributed by atoms with Crippen molar-refractivity contribution < 1.29 is 36.6 Å². The van der Waals surface area contributed by atoms with Gasteiger partial charge in [-0.05, 0) is 89.9 Å². The second-order valence-corrected chi connectivity index (χ2v) is 16.6. The molecule has 0 aromatic rings. The molecule has 2 amide bonds. The molecule has 2 atom stereocenters. The average molecular weight is 685 g/mol. The number of rotatable bonds is 4. The van der Waals surface area contributed by atoms with E-state index in [4.69, 9.17) is 0 Å². The Morgan fingerprint density at radius 3 is 1.36 bits per heavy atom. The predicted molar refractivity (Wildman–Crippen MR) is 172 cm³/mol. The van der Waals surface area contributed by atoms with E-state index in [0.717, 1.165) is 0 Å². The molecule has 2 aliphatic carbocycles. The fraction of sp³-hybridized carbons (Fsp3) is 0.871. The summed E-state index contributed by atoms with van der Waals surface area (Å²) in [5.74, 6) is -2.22. The van der Waals surface area contributed by atoms with Crippen LogP contribution in [-0.4, -0.2) is 66.5 Å². The molecule has 0 radical (unpaired) electrons. The highest BCUT2D eigenvalue weighted by Gasteiger charge is 2.53. The molecular weight excluding hydrogens is 635 g/mol. The molecule has 7 nitrogen and oxygen atoms in total. The second-order valence-electron chi connectivity index (χ2n) is 13.8. The first-order chi connectivity index (χ1) is 20.7. The maximum absolute atomic E-state index is 13.3. The van der Waals surface area contributed by atoms with Gasteiger partial charge in [0.15, 0.2) is 15.9 Å². The number of alkyl halides is 5. The van der Waals surface area contributed by atoms with E-state index in [1.807, 2.05) is 41.5 Å². The molecule has 2 saturated carbocycles. The van der Waals surface area contributed by atoms with Crippen LogP contribution in [-0.2, 0) is 9.59 Å². The smallest absolute Gasteiger partial charge is 0.380 e. The first-order valence-electron chi connectivity index (χ1n) is 16.0. The van der Waals surface area contributed by atoms with Crippen molar-refractivity contribution in [1.29, 1.82) is 0 Å². The highest BCUT2D eigenvalue weighted by Crippen LogP contribution is 2.42. The molecule has 4 rings (SSSR count). The fourth-order valence-electron chi connectivity index (χ4n) is 5.73. The molecule has 45 heavy (non-hydrogen) atoms. The minimum atomic E-state index is -4.58. The van der Waals surface area contributed by atoms with Crippen molar-refractivity contribution in [2.75, 3.05) is 0 Å².